The van der Waals surface area contributed by atoms with E-state index in [2.05, 4.69) is 26.5 Å². The summed E-state index contributed by atoms with van der Waals surface area (Å²) in [4.78, 5) is 11.6. The fourth-order valence-electron chi connectivity index (χ4n) is 3.84. The topological polar surface area (TPSA) is 59.1 Å². The molecule has 2 rings (SSSR count). The van der Waals surface area contributed by atoms with Gasteiger partial charge >= 0.3 is 5.97 Å². The minimum atomic E-state index is -0.380. The molecule has 146 valence electrons. The molecule has 1 fully saturated rings. The van der Waals surface area contributed by atoms with Crippen LogP contribution in [0, 0.1) is 5.92 Å². The summed E-state index contributed by atoms with van der Waals surface area (Å²) in [6.07, 6.45) is 9.63. The van der Waals surface area contributed by atoms with Crippen molar-refractivity contribution in [3.63, 3.8) is 0 Å². The van der Waals surface area contributed by atoms with Gasteiger partial charge in [0.2, 0.25) is 0 Å². The molecule has 4 atom stereocenters. The van der Waals surface area contributed by atoms with E-state index < -0.39 is 0 Å². The number of hydrogen-bond donors (Lipinski definition) is 1. The van der Waals surface area contributed by atoms with Crippen LogP contribution in [0.5, 0.6) is 0 Å². The first-order valence-electron chi connectivity index (χ1n) is 9.71. The van der Waals surface area contributed by atoms with Gasteiger partial charge in [-0.1, -0.05) is 23.8 Å². The molecule has 1 aliphatic heterocycles. The van der Waals surface area contributed by atoms with Crippen molar-refractivity contribution in [2.24, 2.45) is 5.92 Å². The number of carbonyl (C=O) groups is 1. The molecular weight excluding hydrogens is 328 g/mol. The third-order valence-electron chi connectivity index (χ3n) is 5.68. The van der Waals surface area contributed by atoms with E-state index in [4.69, 9.17) is 9.47 Å². The number of hydrogen-bond acceptors (Lipinski definition) is 4. The summed E-state index contributed by atoms with van der Waals surface area (Å²) >= 11 is 0. The Balaban J connectivity index is 2.26. The van der Waals surface area contributed by atoms with Crippen molar-refractivity contribution in [3.8, 4) is 0 Å². The minimum Gasteiger partial charge on any atom is -0.458 e. The zero-order chi connectivity index (χ0) is 19.3. The average Bonchev–Trinajstić information content (AvgIpc) is 3.19. The second kappa shape index (κ2) is 9.01. The second-order valence-electron chi connectivity index (χ2n) is 8.10. The van der Waals surface area contributed by atoms with E-state index in [1.165, 1.54) is 12.5 Å². The van der Waals surface area contributed by atoms with E-state index in [0.29, 0.717) is 0 Å². The van der Waals surface area contributed by atoms with Gasteiger partial charge < -0.3 is 14.6 Å². The molecule has 2 aliphatic rings. The number of esters is 1. The van der Waals surface area contributed by atoms with Crippen LogP contribution in [0.4, 0.5) is 0 Å². The highest BCUT2D eigenvalue weighted by Crippen LogP contribution is 2.43. The summed E-state index contributed by atoms with van der Waals surface area (Å²) in [5.74, 6) is -0.254. The first-order valence-corrected chi connectivity index (χ1v) is 9.71. The fraction of sp³-hybridized carbons (Fsp3) is 0.682. The van der Waals surface area contributed by atoms with Gasteiger partial charge in [-0.25, -0.2) is 0 Å². The van der Waals surface area contributed by atoms with E-state index in [1.54, 1.807) is 0 Å². The van der Waals surface area contributed by atoms with Crippen LogP contribution < -0.4 is 0 Å². The van der Waals surface area contributed by atoms with E-state index in [-0.39, 0.29) is 36.3 Å². The number of aliphatic hydroxyl groups excluding tert-OH is 1. The first-order chi connectivity index (χ1) is 12.2. The van der Waals surface area contributed by atoms with Crippen molar-refractivity contribution < 1.29 is 19.4 Å². The lowest BCUT2D eigenvalue weighted by Crippen LogP contribution is -2.26. The van der Waals surface area contributed by atoms with Gasteiger partial charge in [0.1, 0.15) is 6.10 Å². The van der Waals surface area contributed by atoms with Crippen molar-refractivity contribution >= 4 is 5.97 Å². The molecule has 0 saturated carbocycles. The number of rotatable bonds is 3. The molecule has 1 aliphatic carbocycles. The molecule has 0 aromatic carbocycles. The second-order valence-corrected chi connectivity index (χ2v) is 8.10. The molecule has 1 heterocycles. The standard InChI is InChI=1S/C22H34O4/c1-15(2)19-10-8-16(3)7-6-12-22(5)21(26-22)11-9-18(14-23)13-20(19)25-17(4)24/h7,13,19-21,23H,1,6,8-12,14H2,2-5H3/b16-7+,18-13+/t19-,20+,21-,22-/m1/s1. The number of aliphatic hydroxyl groups is 1. The van der Waals surface area contributed by atoms with Crippen molar-refractivity contribution in [2.75, 3.05) is 6.61 Å². The Morgan fingerprint density at radius 1 is 1.38 bits per heavy atom. The lowest BCUT2D eigenvalue weighted by atomic mass is 9.86. The van der Waals surface area contributed by atoms with Crippen LogP contribution in [0.15, 0.2) is 35.5 Å². The number of epoxide rings is 1. The number of fused-ring (bicyclic) bond motifs is 1. The van der Waals surface area contributed by atoms with Gasteiger partial charge in [0.15, 0.2) is 0 Å². The summed E-state index contributed by atoms with van der Waals surface area (Å²) in [7, 11) is 0. The molecule has 0 unspecified atom stereocenters. The predicted molar refractivity (Wildman–Crippen MR) is 104 cm³/mol. The fourth-order valence-corrected chi connectivity index (χ4v) is 3.84. The zero-order valence-corrected chi connectivity index (χ0v) is 16.7. The largest absolute Gasteiger partial charge is 0.458 e. The molecule has 1 N–H and O–H groups in total. The van der Waals surface area contributed by atoms with Crippen LogP contribution in [0.3, 0.4) is 0 Å². The summed E-state index contributed by atoms with van der Waals surface area (Å²) in [6, 6.07) is 0. The van der Waals surface area contributed by atoms with Crippen LogP contribution in [-0.2, 0) is 14.3 Å². The van der Waals surface area contributed by atoms with Crippen LogP contribution in [0.2, 0.25) is 0 Å². The van der Waals surface area contributed by atoms with Crippen LogP contribution >= 0.6 is 0 Å². The molecule has 0 bridgehead atoms. The molecule has 0 aromatic heterocycles. The maximum absolute atomic E-state index is 11.6. The van der Waals surface area contributed by atoms with E-state index in [0.717, 1.165) is 49.7 Å². The van der Waals surface area contributed by atoms with Crippen molar-refractivity contribution in [3.05, 3.63) is 35.5 Å². The Bertz CT molecular complexity index is 589. The lowest BCUT2D eigenvalue weighted by molar-refractivity contribution is -0.145. The Morgan fingerprint density at radius 3 is 2.73 bits per heavy atom. The highest BCUT2D eigenvalue weighted by molar-refractivity contribution is 5.66. The SMILES string of the molecule is C=C(C)[C@H]1CC/C(C)=C/CC[C@@]2(C)O[C@@H]2CC/C(CO)=C\[C@@H]1OC(C)=O. The zero-order valence-electron chi connectivity index (χ0n) is 16.7. The van der Waals surface area contributed by atoms with E-state index in [9.17, 15) is 9.90 Å². The summed E-state index contributed by atoms with van der Waals surface area (Å²) in [5.41, 5.74) is 3.23. The monoisotopic (exact) mass is 362 g/mol. The van der Waals surface area contributed by atoms with Gasteiger partial charge in [0, 0.05) is 12.8 Å². The quantitative estimate of drug-likeness (QED) is 0.457. The van der Waals surface area contributed by atoms with Gasteiger partial charge in [-0.15, -0.1) is 0 Å². The minimum absolute atomic E-state index is 0.0248. The Morgan fingerprint density at radius 2 is 2.12 bits per heavy atom. The third kappa shape index (κ3) is 5.82. The molecule has 4 nitrogen and oxygen atoms in total. The predicted octanol–water partition coefficient (Wildman–Crippen LogP) is 4.49. The number of allylic oxidation sites excluding steroid dienone is 2. The number of carbonyl (C=O) groups excluding carboxylic acids is 1. The first kappa shape index (κ1) is 20.9. The molecule has 26 heavy (non-hydrogen) atoms. The highest BCUT2D eigenvalue weighted by Gasteiger charge is 2.50. The Kier molecular flexibility index (Phi) is 7.24. The van der Waals surface area contributed by atoms with Gasteiger partial charge in [-0.05, 0) is 70.9 Å². The molecular formula is C22H34O4. The highest BCUT2D eigenvalue weighted by atomic mass is 16.6. The molecule has 0 spiro atoms. The van der Waals surface area contributed by atoms with E-state index >= 15 is 0 Å². The summed E-state index contributed by atoms with van der Waals surface area (Å²) < 4.78 is 11.5. The van der Waals surface area contributed by atoms with Gasteiger partial charge in [-0.2, -0.15) is 0 Å². The maximum Gasteiger partial charge on any atom is 0.303 e. The maximum atomic E-state index is 11.6. The molecule has 0 radical (unpaired) electrons. The Hall–Kier alpha value is -1.39. The molecule has 0 aromatic rings. The average molecular weight is 363 g/mol. The molecule has 4 heteroatoms. The van der Waals surface area contributed by atoms with Gasteiger partial charge in [0.25, 0.3) is 0 Å². The van der Waals surface area contributed by atoms with Gasteiger partial charge in [0.05, 0.1) is 18.3 Å². The normalized spacial score (nSPS) is 37.2. The van der Waals surface area contributed by atoms with Crippen LogP contribution in [0.1, 0.15) is 66.2 Å². The number of ether oxygens (including phenoxy) is 2. The van der Waals surface area contributed by atoms with Crippen LogP contribution in [-0.4, -0.2) is 35.5 Å². The molecule has 1 saturated heterocycles. The van der Waals surface area contributed by atoms with Crippen molar-refractivity contribution in [2.45, 2.75) is 84.0 Å². The van der Waals surface area contributed by atoms with Gasteiger partial charge in [-0.3, -0.25) is 4.79 Å². The third-order valence-corrected chi connectivity index (χ3v) is 5.68. The van der Waals surface area contributed by atoms with Crippen molar-refractivity contribution in [1.29, 1.82) is 0 Å². The molecule has 0 amide bonds. The van der Waals surface area contributed by atoms with E-state index in [1.807, 2.05) is 13.0 Å². The summed E-state index contributed by atoms with van der Waals surface area (Å²) in [5, 5.41) is 9.80. The van der Waals surface area contributed by atoms with Crippen molar-refractivity contribution in [1.82, 2.24) is 0 Å². The summed E-state index contributed by atoms with van der Waals surface area (Å²) in [6.45, 7) is 11.8. The Labute approximate surface area is 158 Å². The lowest BCUT2D eigenvalue weighted by Gasteiger charge is -2.26. The van der Waals surface area contributed by atoms with Crippen LogP contribution in [0.25, 0.3) is 0 Å². The smallest absolute Gasteiger partial charge is 0.303 e.